The first-order valence-electron chi connectivity index (χ1n) is 5.41. The molecule has 96 valence electrons. The lowest BCUT2D eigenvalue weighted by Crippen LogP contribution is -2.17. The Kier molecular flexibility index (Phi) is 5.28. The fourth-order valence-corrected chi connectivity index (χ4v) is 4.74. The third kappa shape index (κ3) is 3.00. The van der Waals surface area contributed by atoms with E-state index in [0.29, 0.717) is 0 Å². The third-order valence-electron chi connectivity index (χ3n) is 2.77. The second-order valence-electron chi connectivity index (χ2n) is 3.97. The van der Waals surface area contributed by atoms with Gasteiger partial charge in [0.15, 0.2) is 0 Å². The van der Waals surface area contributed by atoms with Gasteiger partial charge in [0.2, 0.25) is 0 Å². The van der Waals surface area contributed by atoms with Crippen LogP contribution in [0.2, 0.25) is 0 Å². The Hall–Kier alpha value is 0.570. The minimum Gasteiger partial charge on any atom is -0.309 e. The Morgan fingerprint density at radius 1 is 1.33 bits per heavy atom. The molecule has 5 heteroatoms. The molecular weight excluding hydrogens is 489 g/mol. The van der Waals surface area contributed by atoms with E-state index in [9.17, 15) is 0 Å². The first kappa shape index (κ1) is 15.0. The summed E-state index contributed by atoms with van der Waals surface area (Å²) >= 11 is 11.3. The van der Waals surface area contributed by atoms with Crippen LogP contribution in [0, 0.1) is 10.5 Å². The van der Waals surface area contributed by atoms with Gasteiger partial charge in [0.05, 0.1) is 9.83 Å². The summed E-state index contributed by atoms with van der Waals surface area (Å²) in [6, 6.07) is 8.88. The average Bonchev–Trinajstić information content (AvgIpc) is 2.66. The molecule has 1 aromatic heterocycles. The molecule has 0 aliphatic heterocycles. The second-order valence-corrected chi connectivity index (χ2v) is 8.30. The molecule has 0 spiro atoms. The van der Waals surface area contributed by atoms with E-state index in [4.69, 9.17) is 0 Å². The summed E-state index contributed by atoms with van der Waals surface area (Å²) < 4.78 is 3.58. The molecule has 0 bridgehead atoms. The highest BCUT2D eigenvalue weighted by molar-refractivity contribution is 14.1. The van der Waals surface area contributed by atoms with Gasteiger partial charge in [0, 0.05) is 12.9 Å². The van der Waals surface area contributed by atoms with Gasteiger partial charge in [-0.25, -0.2) is 0 Å². The van der Waals surface area contributed by atoms with Gasteiger partial charge < -0.3 is 5.32 Å². The molecule has 0 saturated carbocycles. The van der Waals surface area contributed by atoms with Crippen LogP contribution in [0.5, 0.6) is 0 Å². The molecule has 18 heavy (non-hydrogen) atoms. The quantitative estimate of drug-likeness (QED) is 0.549. The van der Waals surface area contributed by atoms with Crippen molar-refractivity contribution in [3.05, 3.63) is 52.1 Å². The lowest BCUT2D eigenvalue weighted by molar-refractivity contribution is 0.699. The molecule has 0 radical (unpaired) electrons. The fraction of sp³-hybridized carbons (Fsp3) is 0.231. The van der Waals surface area contributed by atoms with E-state index in [1.54, 1.807) is 11.3 Å². The van der Waals surface area contributed by atoms with Crippen LogP contribution in [0.1, 0.15) is 22.0 Å². The summed E-state index contributed by atoms with van der Waals surface area (Å²) in [5.74, 6) is 0. The van der Waals surface area contributed by atoms with Gasteiger partial charge in [-0.3, -0.25) is 0 Å². The molecule has 2 rings (SSSR count). The van der Waals surface area contributed by atoms with Crippen LogP contribution < -0.4 is 5.32 Å². The van der Waals surface area contributed by atoms with Crippen LogP contribution in [0.4, 0.5) is 0 Å². The molecule has 1 nitrogen and oxygen atoms in total. The van der Waals surface area contributed by atoms with Gasteiger partial charge in [-0.15, -0.1) is 11.3 Å². The van der Waals surface area contributed by atoms with Crippen molar-refractivity contribution in [3.8, 4) is 0 Å². The topological polar surface area (TPSA) is 12.0 Å². The van der Waals surface area contributed by atoms with Gasteiger partial charge in [0.1, 0.15) is 0 Å². The van der Waals surface area contributed by atoms with Crippen molar-refractivity contribution < 1.29 is 0 Å². The Bertz CT molecular complexity index is 549. The normalized spacial score (nSPS) is 12.7. The predicted molar refractivity (Wildman–Crippen MR) is 94.5 cm³/mol. The highest BCUT2D eigenvalue weighted by Crippen LogP contribution is 2.38. The van der Waals surface area contributed by atoms with Crippen LogP contribution in [-0.2, 0) is 0 Å². The molecule has 1 aromatic carbocycles. The van der Waals surface area contributed by atoms with Crippen molar-refractivity contribution >= 4 is 65.8 Å². The Morgan fingerprint density at radius 3 is 2.61 bits per heavy atom. The predicted octanol–water partition coefficient (Wildman–Crippen LogP) is 5.49. The number of halogens is 3. The van der Waals surface area contributed by atoms with E-state index >= 15 is 0 Å². The maximum atomic E-state index is 3.56. The number of rotatable bonds is 3. The molecule has 1 heterocycles. The summed E-state index contributed by atoms with van der Waals surface area (Å²) in [7, 11) is 2.00. The van der Waals surface area contributed by atoms with Crippen molar-refractivity contribution in [2.24, 2.45) is 0 Å². The maximum absolute atomic E-state index is 3.56. The van der Waals surface area contributed by atoms with E-state index in [0.717, 1.165) is 8.26 Å². The molecular formula is C13H12Br2INS. The van der Waals surface area contributed by atoms with Crippen molar-refractivity contribution in [1.29, 1.82) is 0 Å². The minimum atomic E-state index is 0.240. The van der Waals surface area contributed by atoms with Gasteiger partial charge in [-0.2, -0.15) is 0 Å². The number of hydrogen-bond acceptors (Lipinski definition) is 2. The van der Waals surface area contributed by atoms with Gasteiger partial charge in [0.25, 0.3) is 0 Å². The molecule has 1 unspecified atom stereocenters. The summed E-state index contributed by atoms with van der Waals surface area (Å²) in [6.45, 7) is 2.15. The summed E-state index contributed by atoms with van der Waals surface area (Å²) in [5.41, 5.74) is 2.65. The van der Waals surface area contributed by atoms with Crippen LogP contribution >= 0.6 is 65.8 Å². The SMILES string of the molecule is CNC(c1cc(Br)c(Br)s1)c1cccc(C)c1I. The standard InChI is InChI=1S/C13H12Br2INS/c1-7-4-3-5-8(11(7)16)12(17-2)10-6-9(14)13(15)18-10/h3-6,12,17H,1-2H3. The van der Waals surface area contributed by atoms with Crippen molar-refractivity contribution in [3.63, 3.8) is 0 Å². The van der Waals surface area contributed by atoms with Crippen molar-refractivity contribution in [2.45, 2.75) is 13.0 Å². The molecule has 2 aromatic rings. The number of hydrogen-bond donors (Lipinski definition) is 1. The van der Waals surface area contributed by atoms with Crippen molar-refractivity contribution in [2.75, 3.05) is 7.05 Å². The Balaban J connectivity index is 2.48. The zero-order valence-electron chi connectivity index (χ0n) is 9.93. The summed E-state index contributed by atoms with van der Waals surface area (Å²) in [4.78, 5) is 1.31. The van der Waals surface area contributed by atoms with E-state index in [1.807, 2.05) is 7.05 Å². The average molecular weight is 501 g/mol. The Morgan fingerprint density at radius 2 is 2.06 bits per heavy atom. The number of benzene rings is 1. The van der Waals surface area contributed by atoms with Gasteiger partial charge >= 0.3 is 0 Å². The summed E-state index contributed by atoms with van der Waals surface area (Å²) in [5, 5.41) is 3.41. The minimum absolute atomic E-state index is 0.240. The van der Waals surface area contributed by atoms with Crippen LogP contribution in [0.3, 0.4) is 0 Å². The maximum Gasteiger partial charge on any atom is 0.0843 e. The molecule has 0 aliphatic rings. The van der Waals surface area contributed by atoms with Gasteiger partial charge in [-0.1, -0.05) is 18.2 Å². The van der Waals surface area contributed by atoms with E-state index in [2.05, 4.69) is 91.0 Å². The van der Waals surface area contributed by atoms with Crippen LogP contribution in [-0.4, -0.2) is 7.05 Å². The zero-order chi connectivity index (χ0) is 13.3. The van der Waals surface area contributed by atoms with E-state index in [1.165, 1.54) is 19.6 Å². The van der Waals surface area contributed by atoms with Crippen molar-refractivity contribution in [1.82, 2.24) is 5.32 Å². The molecule has 1 N–H and O–H groups in total. The fourth-order valence-electron chi connectivity index (χ4n) is 1.85. The number of thiophene rings is 1. The highest BCUT2D eigenvalue weighted by Gasteiger charge is 2.18. The number of aryl methyl sites for hydroxylation is 1. The largest absolute Gasteiger partial charge is 0.309 e. The molecule has 0 aliphatic carbocycles. The van der Waals surface area contributed by atoms with E-state index < -0.39 is 0 Å². The van der Waals surface area contributed by atoms with Crippen LogP contribution in [0.25, 0.3) is 0 Å². The smallest absolute Gasteiger partial charge is 0.0843 e. The molecule has 0 amide bonds. The van der Waals surface area contributed by atoms with Crippen LogP contribution in [0.15, 0.2) is 32.5 Å². The molecule has 0 saturated heterocycles. The molecule has 0 fully saturated rings. The zero-order valence-corrected chi connectivity index (χ0v) is 16.1. The molecule has 1 atom stereocenters. The van der Waals surface area contributed by atoms with E-state index in [-0.39, 0.29) is 6.04 Å². The summed E-state index contributed by atoms with van der Waals surface area (Å²) in [6.07, 6.45) is 0. The number of nitrogens with one attached hydrogen (secondary N) is 1. The Labute approximate surface area is 142 Å². The monoisotopic (exact) mass is 499 g/mol. The first-order valence-corrected chi connectivity index (χ1v) is 8.89. The first-order chi connectivity index (χ1) is 8.54. The lowest BCUT2D eigenvalue weighted by Gasteiger charge is -2.17. The highest BCUT2D eigenvalue weighted by atomic mass is 127. The third-order valence-corrected chi connectivity index (χ3v) is 7.56. The lowest BCUT2D eigenvalue weighted by atomic mass is 10.0. The van der Waals surface area contributed by atoms with Gasteiger partial charge in [-0.05, 0) is 85.6 Å². The second kappa shape index (κ2) is 6.35.